The summed E-state index contributed by atoms with van der Waals surface area (Å²) in [5.74, 6) is 1.12. The molecule has 8 nitrogen and oxygen atoms in total. The van der Waals surface area contributed by atoms with Crippen LogP contribution in [-0.4, -0.2) is 46.2 Å². The minimum atomic E-state index is -0.380. The van der Waals surface area contributed by atoms with Gasteiger partial charge in [-0.15, -0.1) is 11.8 Å². The van der Waals surface area contributed by atoms with Crippen molar-refractivity contribution in [2.75, 3.05) is 24.7 Å². The molecule has 1 saturated heterocycles. The summed E-state index contributed by atoms with van der Waals surface area (Å²) in [6.07, 6.45) is 3.36. The highest BCUT2D eigenvalue weighted by Gasteiger charge is 2.36. The first-order valence-corrected chi connectivity index (χ1v) is 11.9. The van der Waals surface area contributed by atoms with Crippen LogP contribution in [0.5, 0.6) is 5.75 Å². The molecule has 3 aromatic rings. The van der Waals surface area contributed by atoms with Crippen LogP contribution in [0, 0.1) is 10.1 Å². The third-order valence-corrected chi connectivity index (χ3v) is 6.96. The van der Waals surface area contributed by atoms with Gasteiger partial charge in [-0.25, -0.2) is 0 Å². The number of amides is 1. The summed E-state index contributed by atoms with van der Waals surface area (Å²) in [7, 11) is 1.64. The van der Waals surface area contributed by atoms with E-state index in [1.807, 2.05) is 24.3 Å². The molecule has 0 aliphatic carbocycles. The molecule has 1 aliphatic heterocycles. The maximum Gasteiger partial charge on any atom is 0.275 e. The Bertz CT molecular complexity index is 1170. The number of nitrogens with one attached hydrogen (secondary N) is 1. The number of nitrogens with zero attached hydrogens (tertiary/aromatic N) is 3. The minimum Gasteiger partial charge on any atom is -0.497 e. The van der Waals surface area contributed by atoms with Crippen molar-refractivity contribution >= 4 is 39.9 Å². The Hall–Kier alpha value is -3.33. The van der Waals surface area contributed by atoms with Crippen LogP contribution >= 0.6 is 11.8 Å². The van der Waals surface area contributed by atoms with Crippen molar-refractivity contribution in [2.24, 2.45) is 0 Å². The van der Waals surface area contributed by atoms with Crippen LogP contribution in [0.2, 0.25) is 0 Å². The quantitative estimate of drug-likeness (QED) is 0.350. The molecule has 0 radical (unpaired) electrons. The number of carbonyl (C=O) groups is 1. The fourth-order valence-corrected chi connectivity index (χ4v) is 5.36. The second-order valence-electron chi connectivity index (χ2n) is 8.00. The number of carbonyl (C=O) groups excluding carboxylic acids is 1. The van der Waals surface area contributed by atoms with E-state index in [0.29, 0.717) is 17.9 Å². The predicted octanol–water partition coefficient (Wildman–Crippen LogP) is 5.01. The lowest BCUT2D eigenvalue weighted by Gasteiger charge is -2.25. The molecular formula is C24H26N4O4S. The Kier molecular flexibility index (Phi) is 6.98. The van der Waals surface area contributed by atoms with Crippen LogP contribution in [0.1, 0.15) is 30.7 Å². The zero-order chi connectivity index (χ0) is 23.4. The summed E-state index contributed by atoms with van der Waals surface area (Å²) in [4.78, 5) is 29.9. The Balaban J connectivity index is 1.41. The number of fused-ring (bicyclic) bond motifs is 1. The predicted molar refractivity (Wildman–Crippen MR) is 131 cm³/mol. The molecular weight excluding hydrogens is 440 g/mol. The first-order chi connectivity index (χ1) is 16.0. The van der Waals surface area contributed by atoms with Gasteiger partial charge in [0.2, 0.25) is 5.91 Å². The number of para-hydroxylation sites is 1. The van der Waals surface area contributed by atoms with Gasteiger partial charge >= 0.3 is 0 Å². The average Bonchev–Trinajstić information content (AvgIpc) is 3.19. The van der Waals surface area contributed by atoms with E-state index in [1.165, 1.54) is 17.8 Å². The van der Waals surface area contributed by atoms with Crippen LogP contribution in [-0.2, 0) is 4.79 Å². The summed E-state index contributed by atoms with van der Waals surface area (Å²) in [5, 5.41) is 15.6. The van der Waals surface area contributed by atoms with Gasteiger partial charge in [-0.2, -0.15) is 0 Å². The van der Waals surface area contributed by atoms with Gasteiger partial charge in [-0.05, 0) is 38.0 Å². The first kappa shape index (κ1) is 22.8. The Morgan fingerprint density at radius 1 is 1.30 bits per heavy atom. The SMILES string of the molecule is COc1cc(NC(C)CCCN2C(=O)CSC2c2ccccc2[N+](=O)[O-])c2ncccc2c1. The van der Waals surface area contributed by atoms with Crippen LogP contribution in [0.25, 0.3) is 10.9 Å². The summed E-state index contributed by atoms with van der Waals surface area (Å²) in [6, 6.07) is 14.6. The van der Waals surface area contributed by atoms with Gasteiger partial charge < -0.3 is 15.0 Å². The monoisotopic (exact) mass is 466 g/mol. The Labute approximate surface area is 196 Å². The van der Waals surface area contributed by atoms with Gasteiger partial charge in [0.1, 0.15) is 11.1 Å². The van der Waals surface area contributed by atoms with E-state index in [4.69, 9.17) is 4.74 Å². The maximum atomic E-state index is 12.5. The van der Waals surface area contributed by atoms with Gasteiger partial charge in [-0.1, -0.05) is 18.2 Å². The number of anilines is 1. The van der Waals surface area contributed by atoms with Gasteiger partial charge in [0.25, 0.3) is 5.69 Å². The molecule has 172 valence electrons. The van der Waals surface area contributed by atoms with E-state index in [9.17, 15) is 14.9 Å². The van der Waals surface area contributed by atoms with Crippen molar-refractivity contribution in [1.29, 1.82) is 0 Å². The summed E-state index contributed by atoms with van der Waals surface area (Å²) in [5.41, 5.74) is 2.43. The molecule has 1 aliphatic rings. The molecule has 1 N–H and O–H groups in total. The van der Waals surface area contributed by atoms with Gasteiger partial charge in [0.15, 0.2) is 0 Å². The van der Waals surface area contributed by atoms with Crippen LogP contribution in [0.15, 0.2) is 54.7 Å². The summed E-state index contributed by atoms with van der Waals surface area (Å²) < 4.78 is 5.42. The van der Waals surface area contributed by atoms with E-state index in [0.717, 1.165) is 35.2 Å². The molecule has 1 amide bonds. The number of benzene rings is 2. The third kappa shape index (κ3) is 5.03. The molecule has 4 rings (SSSR count). The van der Waals surface area contributed by atoms with E-state index in [-0.39, 0.29) is 27.9 Å². The average molecular weight is 467 g/mol. The van der Waals surface area contributed by atoms with Crippen LogP contribution < -0.4 is 10.1 Å². The molecule has 33 heavy (non-hydrogen) atoms. The molecule has 2 heterocycles. The van der Waals surface area contributed by atoms with Crippen LogP contribution in [0.4, 0.5) is 11.4 Å². The minimum absolute atomic E-state index is 0.0201. The number of rotatable bonds is 9. The second kappa shape index (κ2) is 10.1. The Morgan fingerprint density at radius 2 is 2.12 bits per heavy atom. The fourth-order valence-electron chi connectivity index (χ4n) is 4.11. The number of ether oxygens (including phenoxy) is 1. The molecule has 2 aromatic carbocycles. The topological polar surface area (TPSA) is 97.6 Å². The van der Waals surface area contributed by atoms with Crippen LogP contribution in [0.3, 0.4) is 0 Å². The van der Waals surface area contributed by atoms with Crippen molar-refractivity contribution in [3.05, 3.63) is 70.4 Å². The van der Waals surface area contributed by atoms with Crippen molar-refractivity contribution in [3.8, 4) is 5.75 Å². The number of pyridine rings is 1. The van der Waals surface area contributed by atoms with E-state index in [1.54, 1.807) is 36.4 Å². The normalized spacial score (nSPS) is 16.7. The first-order valence-electron chi connectivity index (χ1n) is 10.8. The number of hydrogen-bond acceptors (Lipinski definition) is 7. The highest BCUT2D eigenvalue weighted by atomic mass is 32.2. The molecule has 9 heteroatoms. The van der Waals surface area contributed by atoms with Crippen molar-refractivity contribution in [2.45, 2.75) is 31.2 Å². The van der Waals surface area contributed by atoms with E-state index < -0.39 is 0 Å². The van der Waals surface area contributed by atoms with Crippen molar-refractivity contribution in [1.82, 2.24) is 9.88 Å². The number of thioether (sulfide) groups is 1. The highest BCUT2D eigenvalue weighted by Crippen LogP contribution is 2.42. The molecule has 0 saturated carbocycles. The lowest BCUT2D eigenvalue weighted by Crippen LogP contribution is -2.30. The van der Waals surface area contributed by atoms with Gasteiger partial charge in [-0.3, -0.25) is 19.9 Å². The number of hydrogen-bond donors (Lipinski definition) is 1. The number of nitro benzene ring substituents is 1. The van der Waals surface area contributed by atoms with E-state index >= 15 is 0 Å². The summed E-state index contributed by atoms with van der Waals surface area (Å²) >= 11 is 1.44. The largest absolute Gasteiger partial charge is 0.497 e. The fraction of sp³-hybridized carbons (Fsp3) is 0.333. The lowest BCUT2D eigenvalue weighted by atomic mass is 10.1. The van der Waals surface area contributed by atoms with E-state index in [2.05, 4.69) is 17.2 Å². The van der Waals surface area contributed by atoms with Crippen molar-refractivity contribution < 1.29 is 14.5 Å². The summed E-state index contributed by atoms with van der Waals surface area (Å²) in [6.45, 7) is 2.64. The number of methoxy groups -OCH3 is 1. The zero-order valence-electron chi connectivity index (χ0n) is 18.6. The second-order valence-corrected chi connectivity index (χ2v) is 9.07. The molecule has 0 bridgehead atoms. The van der Waals surface area contributed by atoms with Gasteiger partial charge in [0.05, 0.1) is 34.6 Å². The molecule has 1 aromatic heterocycles. The number of aromatic nitrogens is 1. The van der Waals surface area contributed by atoms with Crippen molar-refractivity contribution in [3.63, 3.8) is 0 Å². The standard InChI is InChI=1S/C24H26N4O4S/c1-16(26-20-14-18(32-2)13-17-8-5-11-25-23(17)20)7-6-12-27-22(29)15-33-24(27)19-9-3-4-10-21(19)28(30)31/h3-5,8-11,13-14,16,24,26H,6-7,12,15H2,1-2H3. The molecule has 1 fully saturated rings. The lowest BCUT2D eigenvalue weighted by molar-refractivity contribution is -0.385. The smallest absolute Gasteiger partial charge is 0.275 e. The maximum absolute atomic E-state index is 12.5. The zero-order valence-corrected chi connectivity index (χ0v) is 19.4. The Morgan fingerprint density at radius 3 is 2.91 bits per heavy atom. The molecule has 0 spiro atoms. The molecule has 2 atom stereocenters. The highest BCUT2D eigenvalue weighted by molar-refractivity contribution is 8.00. The van der Waals surface area contributed by atoms with Gasteiger partial charge in [0, 0.05) is 36.3 Å². The third-order valence-electron chi connectivity index (χ3n) is 5.72. The number of nitro groups is 1. The molecule has 2 unspecified atom stereocenters.